The molecule has 0 saturated carbocycles. The zero-order valence-corrected chi connectivity index (χ0v) is 8.30. The highest BCUT2D eigenvalue weighted by Crippen LogP contribution is 2.12. The van der Waals surface area contributed by atoms with Crippen molar-refractivity contribution in [1.29, 1.82) is 0 Å². The van der Waals surface area contributed by atoms with Crippen LogP contribution in [0, 0.1) is 0 Å². The maximum atomic E-state index is 10.6. The van der Waals surface area contributed by atoms with Crippen LogP contribution in [0.5, 0.6) is 0 Å². The van der Waals surface area contributed by atoms with Gasteiger partial charge >= 0.3 is 5.97 Å². The molecule has 1 atom stereocenters. The standard InChI is InChI=1S/C11H11NO3/c1-7-6-15-10(12-7)8-2-4-9(5-3-8)11(13)14/h2-5,7H,6H2,1H3,(H,13,14). The molecule has 78 valence electrons. The zero-order valence-electron chi connectivity index (χ0n) is 8.30. The van der Waals surface area contributed by atoms with Gasteiger partial charge in [-0.15, -0.1) is 0 Å². The van der Waals surface area contributed by atoms with E-state index in [-0.39, 0.29) is 11.6 Å². The molecule has 1 heterocycles. The lowest BCUT2D eigenvalue weighted by Crippen LogP contribution is -2.03. The number of carboxylic acids is 1. The first-order valence-electron chi connectivity index (χ1n) is 4.71. The van der Waals surface area contributed by atoms with Crippen molar-refractivity contribution in [3.63, 3.8) is 0 Å². The molecular formula is C11H11NO3. The van der Waals surface area contributed by atoms with E-state index in [0.717, 1.165) is 5.56 Å². The molecule has 1 aliphatic rings. The van der Waals surface area contributed by atoms with Crippen LogP contribution in [0.15, 0.2) is 29.3 Å². The Morgan fingerprint density at radius 3 is 2.60 bits per heavy atom. The van der Waals surface area contributed by atoms with Crippen molar-refractivity contribution in [1.82, 2.24) is 0 Å². The molecule has 1 aromatic rings. The van der Waals surface area contributed by atoms with Crippen LogP contribution in [0.1, 0.15) is 22.8 Å². The van der Waals surface area contributed by atoms with Crippen molar-refractivity contribution >= 4 is 11.9 Å². The topological polar surface area (TPSA) is 58.9 Å². The second kappa shape index (κ2) is 3.73. The molecule has 0 amide bonds. The fourth-order valence-electron chi connectivity index (χ4n) is 1.39. The molecule has 0 aromatic heterocycles. The number of aromatic carboxylic acids is 1. The zero-order chi connectivity index (χ0) is 10.8. The number of aliphatic imine (C=N–C) groups is 1. The van der Waals surface area contributed by atoms with Crippen molar-refractivity contribution in [3.05, 3.63) is 35.4 Å². The van der Waals surface area contributed by atoms with Crippen LogP contribution in [0.3, 0.4) is 0 Å². The summed E-state index contributed by atoms with van der Waals surface area (Å²) in [6.45, 7) is 2.56. The number of benzene rings is 1. The summed E-state index contributed by atoms with van der Waals surface area (Å²) in [6, 6.07) is 6.69. The van der Waals surface area contributed by atoms with Crippen LogP contribution in [-0.2, 0) is 4.74 Å². The molecule has 1 aliphatic heterocycles. The van der Waals surface area contributed by atoms with E-state index in [9.17, 15) is 4.79 Å². The molecule has 15 heavy (non-hydrogen) atoms. The Labute approximate surface area is 87.2 Å². The lowest BCUT2D eigenvalue weighted by Gasteiger charge is -2.01. The van der Waals surface area contributed by atoms with Gasteiger partial charge in [0.2, 0.25) is 5.90 Å². The Morgan fingerprint density at radius 1 is 1.47 bits per heavy atom. The summed E-state index contributed by atoms with van der Waals surface area (Å²) in [5, 5.41) is 8.72. The van der Waals surface area contributed by atoms with Gasteiger partial charge in [-0.05, 0) is 31.2 Å². The largest absolute Gasteiger partial charge is 0.478 e. The third-order valence-corrected chi connectivity index (χ3v) is 2.18. The first-order chi connectivity index (χ1) is 7.16. The fourth-order valence-corrected chi connectivity index (χ4v) is 1.39. The van der Waals surface area contributed by atoms with Gasteiger partial charge < -0.3 is 9.84 Å². The number of carbonyl (C=O) groups is 1. The van der Waals surface area contributed by atoms with Crippen LogP contribution in [0.25, 0.3) is 0 Å². The molecule has 0 saturated heterocycles. The average molecular weight is 205 g/mol. The maximum Gasteiger partial charge on any atom is 0.335 e. The second-order valence-electron chi connectivity index (χ2n) is 3.48. The SMILES string of the molecule is CC1COC(c2ccc(C(=O)O)cc2)=N1. The first-order valence-corrected chi connectivity index (χ1v) is 4.71. The third kappa shape index (κ3) is 1.98. The van der Waals surface area contributed by atoms with Gasteiger partial charge in [-0.2, -0.15) is 0 Å². The Balaban J connectivity index is 2.24. The Kier molecular flexibility index (Phi) is 2.41. The number of hydrogen-bond donors (Lipinski definition) is 1. The third-order valence-electron chi connectivity index (χ3n) is 2.18. The number of hydrogen-bond acceptors (Lipinski definition) is 3. The lowest BCUT2D eigenvalue weighted by atomic mass is 10.1. The quantitative estimate of drug-likeness (QED) is 0.796. The van der Waals surface area contributed by atoms with Crippen LogP contribution < -0.4 is 0 Å². The minimum Gasteiger partial charge on any atom is -0.478 e. The molecule has 0 fully saturated rings. The highest BCUT2D eigenvalue weighted by atomic mass is 16.5. The van der Waals surface area contributed by atoms with Crippen molar-refractivity contribution < 1.29 is 14.6 Å². The summed E-state index contributed by atoms with van der Waals surface area (Å²) >= 11 is 0. The summed E-state index contributed by atoms with van der Waals surface area (Å²) in [4.78, 5) is 14.9. The maximum absolute atomic E-state index is 10.6. The smallest absolute Gasteiger partial charge is 0.335 e. The molecule has 4 heteroatoms. The monoisotopic (exact) mass is 205 g/mol. The first kappa shape index (κ1) is 9.71. The number of rotatable bonds is 2. The van der Waals surface area contributed by atoms with Crippen molar-refractivity contribution in [2.45, 2.75) is 13.0 Å². The Morgan fingerprint density at radius 2 is 2.13 bits per heavy atom. The summed E-state index contributed by atoms with van der Waals surface area (Å²) in [5.74, 6) is -0.330. The van der Waals surface area contributed by atoms with Crippen LogP contribution in [-0.4, -0.2) is 29.6 Å². The van der Waals surface area contributed by atoms with E-state index in [1.165, 1.54) is 0 Å². The number of nitrogens with zero attached hydrogens (tertiary/aromatic N) is 1. The van der Waals surface area contributed by atoms with Gasteiger partial charge in [0, 0.05) is 5.56 Å². The average Bonchev–Trinajstić information content (AvgIpc) is 2.65. The Hall–Kier alpha value is -1.84. The van der Waals surface area contributed by atoms with E-state index in [4.69, 9.17) is 9.84 Å². The number of ether oxygens (including phenoxy) is 1. The van der Waals surface area contributed by atoms with Gasteiger partial charge in [-0.25, -0.2) is 9.79 Å². The Bertz CT molecular complexity index is 408. The highest BCUT2D eigenvalue weighted by Gasteiger charge is 2.16. The van der Waals surface area contributed by atoms with Gasteiger partial charge in [0.25, 0.3) is 0 Å². The molecule has 1 unspecified atom stereocenters. The van der Waals surface area contributed by atoms with Gasteiger partial charge in [0.1, 0.15) is 6.61 Å². The molecule has 1 N–H and O–H groups in total. The molecule has 1 aromatic carbocycles. The van der Waals surface area contributed by atoms with Crippen molar-refractivity contribution in [3.8, 4) is 0 Å². The fraction of sp³-hybridized carbons (Fsp3) is 0.273. The van der Waals surface area contributed by atoms with E-state index >= 15 is 0 Å². The minimum atomic E-state index is -0.927. The van der Waals surface area contributed by atoms with Gasteiger partial charge in [0.15, 0.2) is 0 Å². The number of carboxylic acid groups (broad SMARTS) is 1. The van der Waals surface area contributed by atoms with Crippen molar-refractivity contribution in [2.24, 2.45) is 4.99 Å². The molecule has 0 bridgehead atoms. The van der Waals surface area contributed by atoms with E-state index in [0.29, 0.717) is 12.5 Å². The molecule has 0 aliphatic carbocycles. The lowest BCUT2D eigenvalue weighted by molar-refractivity contribution is 0.0697. The van der Waals surface area contributed by atoms with Crippen LogP contribution >= 0.6 is 0 Å². The predicted molar refractivity (Wildman–Crippen MR) is 55.4 cm³/mol. The molecule has 0 radical (unpaired) electrons. The summed E-state index contributed by atoms with van der Waals surface area (Å²) in [5.41, 5.74) is 1.09. The summed E-state index contributed by atoms with van der Waals surface area (Å²) in [6.07, 6.45) is 0. The molecular weight excluding hydrogens is 194 g/mol. The second-order valence-corrected chi connectivity index (χ2v) is 3.48. The van der Waals surface area contributed by atoms with Crippen LogP contribution in [0.2, 0.25) is 0 Å². The van der Waals surface area contributed by atoms with E-state index in [1.54, 1.807) is 24.3 Å². The normalized spacial score (nSPS) is 19.5. The van der Waals surface area contributed by atoms with E-state index < -0.39 is 5.97 Å². The van der Waals surface area contributed by atoms with Crippen LogP contribution in [0.4, 0.5) is 0 Å². The van der Waals surface area contributed by atoms with Gasteiger partial charge in [-0.3, -0.25) is 0 Å². The molecule has 0 spiro atoms. The minimum absolute atomic E-state index is 0.180. The van der Waals surface area contributed by atoms with Gasteiger partial charge in [0.05, 0.1) is 11.6 Å². The highest BCUT2D eigenvalue weighted by molar-refractivity contribution is 5.96. The summed E-state index contributed by atoms with van der Waals surface area (Å²) in [7, 11) is 0. The predicted octanol–water partition coefficient (Wildman–Crippen LogP) is 1.55. The van der Waals surface area contributed by atoms with E-state index in [1.807, 2.05) is 6.92 Å². The van der Waals surface area contributed by atoms with E-state index in [2.05, 4.69) is 4.99 Å². The van der Waals surface area contributed by atoms with Gasteiger partial charge in [-0.1, -0.05) is 0 Å². The molecule has 2 rings (SSSR count). The van der Waals surface area contributed by atoms with Crippen molar-refractivity contribution in [2.75, 3.05) is 6.61 Å². The molecule has 4 nitrogen and oxygen atoms in total. The summed E-state index contributed by atoms with van der Waals surface area (Å²) < 4.78 is 5.35.